The second-order valence-electron chi connectivity index (χ2n) is 5.88. The normalized spacial score (nSPS) is 11.0. The van der Waals surface area contributed by atoms with E-state index in [1.54, 1.807) is 11.3 Å². The lowest BCUT2D eigenvalue weighted by atomic mass is 10.2. The molecule has 0 fully saturated rings. The zero-order chi connectivity index (χ0) is 17.9. The van der Waals surface area contributed by atoms with Crippen LogP contribution in [0.15, 0.2) is 70.5 Å². The van der Waals surface area contributed by atoms with Crippen LogP contribution in [0.5, 0.6) is 0 Å². The number of benzene rings is 2. The number of amides is 1. The smallest absolute Gasteiger partial charge is 0.240 e. The molecule has 0 spiro atoms. The number of para-hydroxylation sites is 2. The number of rotatable bonds is 5. The summed E-state index contributed by atoms with van der Waals surface area (Å²) >= 11 is 5.15. The van der Waals surface area contributed by atoms with Crippen LogP contribution in [0.2, 0.25) is 0 Å². The number of aromatic nitrogens is 2. The lowest BCUT2D eigenvalue weighted by Gasteiger charge is -2.10. The molecule has 0 unspecified atom stereocenters. The highest BCUT2D eigenvalue weighted by Gasteiger charge is 2.15. The summed E-state index contributed by atoms with van der Waals surface area (Å²) in [4.78, 5) is 18.4. The van der Waals surface area contributed by atoms with E-state index in [1.807, 2.05) is 70.6 Å². The van der Waals surface area contributed by atoms with Gasteiger partial charge in [-0.3, -0.25) is 4.79 Å². The van der Waals surface area contributed by atoms with Gasteiger partial charge in [0.2, 0.25) is 5.91 Å². The van der Waals surface area contributed by atoms with Gasteiger partial charge in [-0.05, 0) is 35.7 Å². The molecule has 1 amide bonds. The summed E-state index contributed by atoms with van der Waals surface area (Å²) in [6.07, 6.45) is 0. The van der Waals surface area contributed by atoms with E-state index in [9.17, 15) is 4.79 Å². The van der Waals surface area contributed by atoms with Crippen LogP contribution in [0, 0.1) is 0 Å². The monoisotopic (exact) mass is 425 g/mol. The van der Waals surface area contributed by atoms with E-state index in [0.29, 0.717) is 6.54 Å². The highest BCUT2D eigenvalue weighted by molar-refractivity contribution is 9.10. The Balaban J connectivity index is 1.66. The summed E-state index contributed by atoms with van der Waals surface area (Å²) in [6.45, 7) is 0.781. The van der Waals surface area contributed by atoms with Gasteiger partial charge in [0.1, 0.15) is 12.4 Å². The van der Waals surface area contributed by atoms with Gasteiger partial charge in [-0.2, -0.15) is 0 Å². The molecule has 0 radical (unpaired) electrons. The number of hydrogen-bond donors (Lipinski definition) is 1. The van der Waals surface area contributed by atoms with E-state index in [2.05, 4.69) is 21.2 Å². The SMILES string of the molecule is O=C(Cn1c(-c2cccc(Br)c2)nc2ccccc21)NCc1cccs1. The summed E-state index contributed by atoms with van der Waals surface area (Å²) in [5.74, 6) is 0.761. The molecular formula is C20H16BrN3OS. The van der Waals surface area contributed by atoms with Crippen molar-refractivity contribution in [1.29, 1.82) is 0 Å². The average molecular weight is 426 g/mol. The molecule has 0 saturated heterocycles. The number of halogens is 1. The maximum atomic E-state index is 12.5. The molecule has 0 saturated carbocycles. The molecule has 1 N–H and O–H groups in total. The van der Waals surface area contributed by atoms with Crippen molar-refractivity contribution in [3.05, 3.63) is 75.4 Å². The van der Waals surface area contributed by atoms with Gasteiger partial charge < -0.3 is 9.88 Å². The predicted molar refractivity (Wildman–Crippen MR) is 109 cm³/mol. The number of thiophene rings is 1. The number of fused-ring (bicyclic) bond motifs is 1. The van der Waals surface area contributed by atoms with Gasteiger partial charge >= 0.3 is 0 Å². The fourth-order valence-electron chi connectivity index (χ4n) is 2.88. The first-order valence-corrected chi connectivity index (χ1v) is 9.88. The first kappa shape index (κ1) is 17.0. The molecule has 0 aliphatic heterocycles. The van der Waals surface area contributed by atoms with E-state index in [0.717, 1.165) is 31.8 Å². The van der Waals surface area contributed by atoms with Crippen molar-refractivity contribution < 1.29 is 4.79 Å². The molecular weight excluding hydrogens is 410 g/mol. The van der Waals surface area contributed by atoms with E-state index < -0.39 is 0 Å². The molecule has 4 rings (SSSR count). The topological polar surface area (TPSA) is 46.9 Å². The van der Waals surface area contributed by atoms with Crippen molar-refractivity contribution in [2.75, 3.05) is 0 Å². The Morgan fingerprint density at radius 2 is 2.00 bits per heavy atom. The molecule has 26 heavy (non-hydrogen) atoms. The number of hydrogen-bond acceptors (Lipinski definition) is 3. The lowest BCUT2D eigenvalue weighted by Crippen LogP contribution is -2.27. The Kier molecular flexibility index (Phi) is 4.86. The van der Waals surface area contributed by atoms with Crippen molar-refractivity contribution in [2.24, 2.45) is 0 Å². The summed E-state index contributed by atoms with van der Waals surface area (Å²) < 4.78 is 2.96. The highest BCUT2D eigenvalue weighted by Crippen LogP contribution is 2.26. The quantitative estimate of drug-likeness (QED) is 0.496. The van der Waals surface area contributed by atoms with Crippen molar-refractivity contribution in [2.45, 2.75) is 13.1 Å². The summed E-state index contributed by atoms with van der Waals surface area (Å²) in [5.41, 5.74) is 2.81. The third-order valence-electron chi connectivity index (χ3n) is 4.08. The number of imidazole rings is 1. The Morgan fingerprint density at radius 1 is 1.12 bits per heavy atom. The van der Waals surface area contributed by atoms with E-state index in [-0.39, 0.29) is 12.5 Å². The average Bonchev–Trinajstić information content (AvgIpc) is 3.28. The van der Waals surface area contributed by atoms with Crippen LogP contribution in [0.3, 0.4) is 0 Å². The predicted octanol–water partition coefficient (Wildman–Crippen LogP) is 4.84. The van der Waals surface area contributed by atoms with Crippen LogP contribution in [-0.2, 0) is 17.9 Å². The van der Waals surface area contributed by atoms with Gasteiger partial charge in [-0.25, -0.2) is 4.98 Å². The number of carbonyl (C=O) groups is 1. The molecule has 0 aliphatic carbocycles. The van der Waals surface area contributed by atoms with Crippen LogP contribution >= 0.6 is 27.3 Å². The largest absolute Gasteiger partial charge is 0.350 e. The molecule has 4 nitrogen and oxygen atoms in total. The Morgan fingerprint density at radius 3 is 2.81 bits per heavy atom. The minimum absolute atomic E-state index is 0.0298. The Bertz CT molecular complexity index is 1060. The summed E-state index contributed by atoms with van der Waals surface area (Å²) in [5, 5.41) is 5.00. The van der Waals surface area contributed by atoms with Crippen molar-refractivity contribution in [3.8, 4) is 11.4 Å². The standard InChI is InChI=1S/C20H16BrN3OS/c21-15-6-3-5-14(11-15)20-23-17-8-1-2-9-18(17)24(20)13-19(25)22-12-16-7-4-10-26-16/h1-11H,12-13H2,(H,22,25). The number of nitrogens with zero attached hydrogens (tertiary/aromatic N) is 2. The number of nitrogens with one attached hydrogen (secondary N) is 1. The molecule has 2 heterocycles. The van der Waals surface area contributed by atoms with Crippen LogP contribution in [-0.4, -0.2) is 15.5 Å². The summed E-state index contributed by atoms with van der Waals surface area (Å²) in [7, 11) is 0. The van der Waals surface area contributed by atoms with E-state index >= 15 is 0 Å². The maximum absolute atomic E-state index is 12.5. The molecule has 4 aromatic rings. The zero-order valence-corrected chi connectivity index (χ0v) is 16.3. The minimum Gasteiger partial charge on any atom is -0.350 e. The third kappa shape index (κ3) is 3.57. The van der Waals surface area contributed by atoms with Gasteiger partial charge in [0.25, 0.3) is 0 Å². The van der Waals surface area contributed by atoms with Gasteiger partial charge in [0.05, 0.1) is 17.6 Å². The van der Waals surface area contributed by atoms with Gasteiger partial charge in [0.15, 0.2) is 0 Å². The molecule has 2 aromatic heterocycles. The Hall–Kier alpha value is -2.44. The van der Waals surface area contributed by atoms with Gasteiger partial charge in [-0.1, -0.05) is 46.3 Å². The highest BCUT2D eigenvalue weighted by atomic mass is 79.9. The van der Waals surface area contributed by atoms with Crippen LogP contribution in [0.25, 0.3) is 22.4 Å². The molecule has 0 bridgehead atoms. The van der Waals surface area contributed by atoms with Gasteiger partial charge in [0, 0.05) is 14.9 Å². The second-order valence-corrected chi connectivity index (χ2v) is 7.82. The van der Waals surface area contributed by atoms with E-state index in [1.165, 1.54) is 0 Å². The van der Waals surface area contributed by atoms with Gasteiger partial charge in [-0.15, -0.1) is 11.3 Å². The van der Waals surface area contributed by atoms with E-state index in [4.69, 9.17) is 4.98 Å². The Labute approximate surface area is 163 Å². The van der Waals surface area contributed by atoms with Crippen molar-refractivity contribution >= 4 is 44.2 Å². The minimum atomic E-state index is -0.0298. The van der Waals surface area contributed by atoms with Crippen LogP contribution in [0.1, 0.15) is 4.88 Å². The fraction of sp³-hybridized carbons (Fsp3) is 0.100. The fourth-order valence-corrected chi connectivity index (χ4v) is 3.93. The summed E-state index contributed by atoms with van der Waals surface area (Å²) in [6, 6.07) is 19.9. The second kappa shape index (κ2) is 7.43. The molecule has 6 heteroatoms. The van der Waals surface area contributed by atoms with Crippen LogP contribution in [0.4, 0.5) is 0 Å². The van der Waals surface area contributed by atoms with Crippen molar-refractivity contribution in [3.63, 3.8) is 0 Å². The molecule has 0 atom stereocenters. The first-order chi connectivity index (χ1) is 12.7. The molecule has 2 aromatic carbocycles. The number of carbonyl (C=O) groups excluding carboxylic acids is 1. The molecule has 0 aliphatic rings. The lowest BCUT2D eigenvalue weighted by molar-refractivity contribution is -0.121. The van der Waals surface area contributed by atoms with Crippen LogP contribution < -0.4 is 5.32 Å². The third-order valence-corrected chi connectivity index (χ3v) is 5.45. The maximum Gasteiger partial charge on any atom is 0.240 e. The van der Waals surface area contributed by atoms with Crippen molar-refractivity contribution in [1.82, 2.24) is 14.9 Å². The first-order valence-electron chi connectivity index (χ1n) is 8.21. The molecule has 130 valence electrons. The zero-order valence-electron chi connectivity index (χ0n) is 13.9.